The Morgan fingerprint density at radius 3 is 2.35 bits per heavy atom. The van der Waals surface area contributed by atoms with Gasteiger partial charge in [-0.2, -0.15) is 13.2 Å². The van der Waals surface area contributed by atoms with E-state index in [4.69, 9.17) is 9.47 Å². The van der Waals surface area contributed by atoms with Crippen LogP contribution in [0.15, 0.2) is 66.9 Å². The smallest absolute Gasteiger partial charge is 0.421 e. The summed E-state index contributed by atoms with van der Waals surface area (Å²) < 4.78 is 77.4. The number of hydrogen-bond donors (Lipinski definition) is 2. The number of ether oxygens (including phenoxy) is 2. The van der Waals surface area contributed by atoms with Gasteiger partial charge in [-0.3, -0.25) is 0 Å². The lowest BCUT2D eigenvalue weighted by molar-refractivity contribution is -0.333. The molecule has 1 unspecified atom stereocenters. The SMILES string of the molecule is O=C(Nc1ccc(C(F)F)cc1)Nc1cccnc1Oc1ccccc1C1(C(F)(F)F)CCO1. The van der Waals surface area contributed by atoms with Gasteiger partial charge in [-0.25, -0.2) is 18.6 Å². The van der Waals surface area contributed by atoms with E-state index in [0.29, 0.717) is 0 Å². The van der Waals surface area contributed by atoms with Crippen molar-refractivity contribution in [1.82, 2.24) is 4.98 Å². The number of amides is 2. The molecule has 0 spiro atoms. The molecule has 4 rings (SSSR count). The van der Waals surface area contributed by atoms with Crippen molar-refractivity contribution in [2.45, 2.75) is 24.6 Å². The van der Waals surface area contributed by atoms with E-state index in [1.807, 2.05) is 0 Å². The van der Waals surface area contributed by atoms with Gasteiger partial charge in [0.1, 0.15) is 11.4 Å². The Balaban J connectivity index is 1.53. The molecule has 0 aliphatic carbocycles. The van der Waals surface area contributed by atoms with Gasteiger partial charge in [0.05, 0.1) is 6.61 Å². The van der Waals surface area contributed by atoms with E-state index in [0.717, 1.165) is 0 Å². The van der Waals surface area contributed by atoms with Crippen LogP contribution in [0.5, 0.6) is 11.6 Å². The molecule has 1 aliphatic heterocycles. The highest BCUT2D eigenvalue weighted by Gasteiger charge is 2.62. The van der Waals surface area contributed by atoms with Crippen LogP contribution < -0.4 is 15.4 Å². The maximum Gasteiger partial charge on any atom is 0.421 e. The van der Waals surface area contributed by atoms with Crippen molar-refractivity contribution in [2.75, 3.05) is 17.2 Å². The number of aromatic nitrogens is 1. The lowest BCUT2D eigenvalue weighted by Crippen LogP contribution is -2.52. The molecule has 11 heteroatoms. The summed E-state index contributed by atoms with van der Waals surface area (Å²) in [6, 6.07) is 12.8. The van der Waals surface area contributed by atoms with Crippen molar-refractivity contribution >= 4 is 17.4 Å². The minimum atomic E-state index is -4.66. The van der Waals surface area contributed by atoms with Gasteiger partial charge < -0.3 is 20.1 Å². The second kappa shape index (κ2) is 9.26. The van der Waals surface area contributed by atoms with Crippen LogP contribution >= 0.6 is 0 Å². The van der Waals surface area contributed by atoms with E-state index in [1.54, 1.807) is 0 Å². The van der Waals surface area contributed by atoms with Crippen molar-refractivity contribution < 1.29 is 36.2 Å². The molecule has 2 heterocycles. The van der Waals surface area contributed by atoms with Gasteiger partial charge >= 0.3 is 12.2 Å². The van der Waals surface area contributed by atoms with Gasteiger partial charge in [0.2, 0.25) is 5.88 Å². The molecular weight excluding hydrogens is 461 g/mol. The number of hydrogen-bond acceptors (Lipinski definition) is 4. The molecule has 1 aliphatic rings. The predicted octanol–water partition coefficient (Wildman–Crippen LogP) is 6.63. The van der Waals surface area contributed by atoms with Crippen molar-refractivity contribution in [1.29, 1.82) is 0 Å². The standard InChI is InChI=1S/C23H18F5N3O3/c24-19(25)14-7-9-15(10-8-14)30-21(32)31-17-5-3-12-29-20(17)34-18-6-2-1-4-16(18)22(11-13-33-22)23(26,27)28/h1-10,12,19H,11,13H2,(H2,30,31,32). The Morgan fingerprint density at radius 2 is 1.74 bits per heavy atom. The van der Waals surface area contributed by atoms with Gasteiger partial charge in [-0.1, -0.05) is 30.3 Å². The normalized spacial score (nSPS) is 17.7. The minimum absolute atomic E-state index is 0.0390. The number of rotatable bonds is 6. The third kappa shape index (κ3) is 4.65. The number of carbonyl (C=O) groups is 1. The summed E-state index contributed by atoms with van der Waals surface area (Å²) in [5.74, 6) is -0.265. The number of nitrogens with zero attached hydrogens (tertiary/aromatic N) is 1. The summed E-state index contributed by atoms with van der Waals surface area (Å²) in [5, 5.41) is 4.97. The first kappa shape index (κ1) is 23.4. The second-order valence-corrected chi connectivity index (χ2v) is 7.38. The van der Waals surface area contributed by atoms with Crippen molar-refractivity contribution in [2.24, 2.45) is 0 Å². The highest BCUT2D eigenvalue weighted by Crippen LogP contribution is 2.53. The summed E-state index contributed by atoms with van der Waals surface area (Å²) in [4.78, 5) is 16.4. The summed E-state index contributed by atoms with van der Waals surface area (Å²) in [6.45, 7) is -0.0390. The Bertz CT molecular complexity index is 1170. The topological polar surface area (TPSA) is 72.5 Å². The molecule has 1 atom stereocenters. The van der Waals surface area contributed by atoms with Crippen LogP contribution in [-0.4, -0.2) is 23.8 Å². The summed E-state index contributed by atoms with van der Waals surface area (Å²) in [6.07, 6.45) is -6.20. The number of para-hydroxylation sites is 1. The average Bonchev–Trinajstić information content (AvgIpc) is 2.75. The second-order valence-electron chi connectivity index (χ2n) is 7.38. The summed E-state index contributed by atoms with van der Waals surface area (Å²) in [5.41, 5.74) is -2.54. The minimum Gasteiger partial charge on any atom is -0.437 e. The maximum atomic E-state index is 13.8. The van der Waals surface area contributed by atoms with E-state index >= 15 is 0 Å². The monoisotopic (exact) mass is 479 g/mol. The molecule has 3 aromatic rings. The zero-order valence-electron chi connectivity index (χ0n) is 17.4. The number of nitrogens with one attached hydrogen (secondary N) is 2. The third-order valence-corrected chi connectivity index (χ3v) is 5.23. The number of benzene rings is 2. The van der Waals surface area contributed by atoms with Crippen LogP contribution in [-0.2, 0) is 10.3 Å². The van der Waals surface area contributed by atoms with E-state index < -0.39 is 24.2 Å². The maximum absolute atomic E-state index is 13.8. The van der Waals surface area contributed by atoms with Crippen LogP contribution in [0.2, 0.25) is 0 Å². The first-order valence-corrected chi connectivity index (χ1v) is 10.1. The Morgan fingerprint density at radius 1 is 1.03 bits per heavy atom. The molecule has 6 nitrogen and oxygen atoms in total. The average molecular weight is 479 g/mol. The van der Waals surface area contributed by atoms with Gasteiger partial charge in [0, 0.05) is 29.4 Å². The van der Waals surface area contributed by atoms with E-state index in [1.165, 1.54) is 66.9 Å². The third-order valence-electron chi connectivity index (χ3n) is 5.23. The van der Waals surface area contributed by atoms with Crippen LogP contribution in [0.25, 0.3) is 0 Å². The highest BCUT2D eigenvalue weighted by atomic mass is 19.4. The number of halogens is 5. The van der Waals surface area contributed by atoms with E-state index in [-0.39, 0.29) is 47.2 Å². The first-order valence-electron chi connectivity index (χ1n) is 10.1. The molecule has 0 radical (unpaired) electrons. The zero-order chi connectivity index (χ0) is 24.3. The van der Waals surface area contributed by atoms with Crippen molar-refractivity contribution in [3.05, 3.63) is 78.0 Å². The fraction of sp³-hybridized carbons (Fsp3) is 0.217. The van der Waals surface area contributed by atoms with Crippen LogP contribution in [0.4, 0.5) is 38.1 Å². The largest absolute Gasteiger partial charge is 0.437 e. The lowest BCUT2D eigenvalue weighted by Gasteiger charge is -2.43. The molecule has 2 N–H and O–H groups in total. The molecule has 34 heavy (non-hydrogen) atoms. The van der Waals surface area contributed by atoms with Crippen LogP contribution in [0.3, 0.4) is 0 Å². The van der Waals surface area contributed by atoms with Gasteiger partial charge in [0.25, 0.3) is 6.43 Å². The molecular formula is C23H18F5N3O3. The Labute approximate surface area is 190 Å². The quantitative estimate of drug-likeness (QED) is 0.389. The summed E-state index contributed by atoms with van der Waals surface area (Å²) >= 11 is 0. The summed E-state index contributed by atoms with van der Waals surface area (Å²) in [7, 11) is 0. The van der Waals surface area contributed by atoms with Gasteiger partial charge in [-0.05, 0) is 30.3 Å². The lowest BCUT2D eigenvalue weighted by atomic mass is 9.85. The Hall–Kier alpha value is -3.73. The number of alkyl halides is 5. The van der Waals surface area contributed by atoms with Gasteiger partial charge in [-0.15, -0.1) is 0 Å². The molecule has 0 saturated carbocycles. The number of anilines is 2. The predicted molar refractivity (Wildman–Crippen MR) is 113 cm³/mol. The van der Waals surface area contributed by atoms with Crippen LogP contribution in [0.1, 0.15) is 24.0 Å². The fourth-order valence-electron chi connectivity index (χ4n) is 3.45. The van der Waals surface area contributed by atoms with Crippen LogP contribution in [0, 0.1) is 0 Å². The number of carbonyl (C=O) groups excluding carboxylic acids is 1. The zero-order valence-corrected chi connectivity index (χ0v) is 17.4. The van der Waals surface area contributed by atoms with Gasteiger partial charge in [0.15, 0.2) is 5.60 Å². The van der Waals surface area contributed by atoms with E-state index in [9.17, 15) is 26.7 Å². The molecule has 1 fully saturated rings. The van der Waals surface area contributed by atoms with Crippen molar-refractivity contribution in [3.8, 4) is 11.6 Å². The molecule has 2 aromatic carbocycles. The van der Waals surface area contributed by atoms with Crippen molar-refractivity contribution in [3.63, 3.8) is 0 Å². The highest BCUT2D eigenvalue weighted by molar-refractivity contribution is 6.00. The molecule has 1 aromatic heterocycles. The molecule has 1 saturated heterocycles. The van der Waals surface area contributed by atoms with E-state index in [2.05, 4.69) is 15.6 Å². The fourth-order valence-corrected chi connectivity index (χ4v) is 3.45. The molecule has 0 bridgehead atoms. The Kier molecular flexibility index (Phi) is 6.38. The number of urea groups is 1. The number of pyridine rings is 1. The first-order chi connectivity index (χ1) is 16.2. The molecule has 2 amide bonds. The molecule has 178 valence electrons.